The van der Waals surface area contributed by atoms with Crippen LogP contribution in [-0.2, 0) is 11.3 Å². The maximum absolute atomic E-state index is 5.46. The van der Waals surface area contributed by atoms with Crippen molar-refractivity contribution in [3.05, 3.63) is 53.7 Å². The summed E-state index contributed by atoms with van der Waals surface area (Å²) < 4.78 is 10.5. The zero-order valence-corrected chi connectivity index (χ0v) is 14.2. The van der Waals surface area contributed by atoms with Crippen LogP contribution in [0.1, 0.15) is 49.5 Å². The van der Waals surface area contributed by atoms with E-state index < -0.39 is 0 Å². The van der Waals surface area contributed by atoms with Gasteiger partial charge < -0.3 is 9.26 Å². The summed E-state index contributed by atoms with van der Waals surface area (Å²) in [7, 11) is 1.64. The molecule has 0 N–H and O–H groups in total. The minimum atomic E-state index is 0.133. The number of fused-ring (bicyclic) bond motifs is 2. The van der Waals surface area contributed by atoms with Crippen LogP contribution < -0.4 is 0 Å². The number of hydrogen-bond acceptors (Lipinski definition) is 5. The lowest BCUT2D eigenvalue weighted by molar-refractivity contribution is 0.128. The van der Waals surface area contributed by atoms with Gasteiger partial charge in [0.2, 0.25) is 5.89 Å². The summed E-state index contributed by atoms with van der Waals surface area (Å²) in [4.78, 5) is 7.02. The number of rotatable bonds is 5. The molecule has 0 unspecified atom stereocenters. The molecule has 2 aliphatic rings. The van der Waals surface area contributed by atoms with Crippen molar-refractivity contribution in [3.63, 3.8) is 0 Å². The number of methoxy groups -OCH3 is 1. The van der Waals surface area contributed by atoms with E-state index in [-0.39, 0.29) is 6.04 Å². The number of ether oxygens (including phenoxy) is 1. The summed E-state index contributed by atoms with van der Waals surface area (Å²) in [6.45, 7) is 2.55. The van der Waals surface area contributed by atoms with Crippen molar-refractivity contribution in [2.24, 2.45) is 0 Å². The number of aromatic nitrogens is 2. The third-order valence-corrected chi connectivity index (χ3v) is 5.16. The fraction of sp³-hybridized carbons (Fsp3) is 0.474. The van der Waals surface area contributed by atoms with Gasteiger partial charge in [-0.3, -0.25) is 4.90 Å². The van der Waals surface area contributed by atoms with Crippen LogP contribution in [0.5, 0.6) is 0 Å². The molecule has 3 heterocycles. The second-order valence-corrected chi connectivity index (χ2v) is 6.67. The lowest BCUT2D eigenvalue weighted by atomic mass is 9.94. The standard InChI is InChI=1S/C19H23N3O2/c1-13(19-20-18(12-23-2)21-24-19)22-16-8-9-17(22)11-15(10-16)14-6-4-3-5-7-14/h3-7,10,13,16-17H,8-9,11-12H2,1-2H3/t13-,16-,17-/m1/s1. The predicted molar refractivity (Wildman–Crippen MR) is 91.1 cm³/mol. The lowest BCUT2D eigenvalue weighted by Crippen LogP contribution is -2.40. The maximum Gasteiger partial charge on any atom is 0.243 e. The average Bonchev–Trinajstić information content (AvgIpc) is 3.18. The molecule has 5 nitrogen and oxygen atoms in total. The Morgan fingerprint density at radius 1 is 1.29 bits per heavy atom. The molecule has 0 radical (unpaired) electrons. The van der Waals surface area contributed by atoms with Crippen LogP contribution in [0.2, 0.25) is 0 Å². The van der Waals surface area contributed by atoms with E-state index in [4.69, 9.17) is 9.26 Å². The molecule has 0 aliphatic carbocycles. The van der Waals surface area contributed by atoms with Crippen LogP contribution in [0.15, 0.2) is 40.9 Å². The van der Waals surface area contributed by atoms with E-state index in [1.807, 2.05) is 0 Å². The first-order valence-corrected chi connectivity index (χ1v) is 8.61. The zero-order chi connectivity index (χ0) is 16.5. The van der Waals surface area contributed by atoms with E-state index in [0.29, 0.717) is 30.4 Å². The molecule has 0 amide bonds. The Morgan fingerprint density at radius 2 is 2.12 bits per heavy atom. The van der Waals surface area contributed by atoms with E-state index in [2.05, 4.69) is 58.4 Å². The number of nitrogens with zero attached hydrogens (tertiary/aromatic N) is 3. The van der Waals surface area contributed by atoms with Crippen molar-refractivity contribution in [1.29, 1.82) is 0 Å². The molecular formula is C19H23N3O2. The van der Waals surface area contributed by atoms with E-state index in [9.17, 15) is 0 Å². The molecule has 126 valence electrons. The first-order valence-electron chi connectivity index (χ1n) is 8.61. The average molecular weight is 325 g/mol. The van der Waals surface area contributed by atoms with Gasteiger partial charge in [-0.2, -0.15) is 4.98 Å². The third-order valence-electron chi connectivity index (χ3n) is 5.16. The highest BCUT2D eigenvalue weighted by Gasteiger charge is 2.41. The molecule has 24 heavy (non-hydrogen) atoms. The normalized spacial score (nSPS) is 24.8. The molecule has 1 aromatic carbocycles. The molecule has 1 fully saturated rings. The fourth-order valence-electron chi connectivity index (χ4n) is 4.09. The molecule has 2 aliphatic heterocycles. The third kappa shape index (κ3) is 2.78. The Bertz CT molecular complexity index is 725. The highest BCUT2D eigenvalue weighted by Crippen LogP contribution is 2.42. The van der Waals surface area contributed by atoms with Crippen molar-refractivity contribution >= 4 is 5.57 Å². The number of hydrogen-bond donors (Lipinski definition) is 0. The van der Waals surface area contributed by atoms with Gasteiger partial charge in [0.25, 0.3) is 0 Å². The second kappa shape index (κ2) is 6.49. The van der Waals surface area contributed by atoms with Gasteiger partial charge in [-0.15, -0.1) is 0 Å². The zero-order valence-electron chi connectivity index (χ0n) is 14.2. The SMILES string of the molecule is COCc1noc([C@@H](C)N2[C@@H]3CC[C@@H]2C=C(c2ccccc2)C3)n1. The quantitative estimate of drug-likeness (QED) is 0.841. The molecule has 2 bridgehead atoms. The van der Waals surface area contributed by atoms with Gasteiger partial charge in [-0.05, 0) is 37.3 Å². The van der Waals surface area contributed by atoms with Crippen molar-refractivity contribution in [3.8, 4) is 0 Å². The predicted octanol–water partition coefficient (Wildman–Crippen LogP) is 3.60. The van der Waals surface area contributed by atoms with Crippen LogP contribution >= 0.6 is 0 Å². The highest BCUT2D eigenvalue weighted by atomic mass is 16.5. The highest BCUT2D eigenvalue weighted by molar-refractivity contribution is 5.68. The Hall–Kier alpha value is -1.98. The molecule has 2 aromatic rings. The van der Waals surface area contributed by atoms with E-state index in [1.165, 1.54) is 24.0 Å². The van der Waals surface area contributed by atoms with Gasteiger partial charge in [0.15, 0.2) is 5.82 Å². The first kappa shape index (κ1) is 15.5. The molecule has 0 spiro atoms. The summed E-state index contributed by atoms with van der Waals surface area (Å²) in [6.07, 6.45) is 5.94. The molecular weight excluding hydrogens is 302 g/mol. The van der Waals surface area contributed by atoms with Crippen LogP contribution in [0.3, 0.4) is 0 Å². The minimum Gasteiger partial charge on any atom is -0.377 e. The molecule has 3 atom stereocenters. The topological polar surface area (TPSA) is 51.4 Å². The van der Waals surface area contributed by atoms with Crippen molar-refractivity contribution < 1.29 is 9.26 Å². The molecule has 0 saturated carbocycles. The summed E-state index contributed by atoms with van der Waals surface area (Å²) in [5.41, 5.74) is 2.82. The summed E-state index contributed by atoms with van der Waals surface area (Å²) in [6, 6.07) is 11.8. The Morgan fingerprint density at radius 3 is 2.88 bits per heavy atom. The summed E-state index contributed by atoms with van der Waals surface area (Å²) in [5.74, 6) is 1.31. The molecule has 1 aromatic heterocycles. The summed E-state index contributed by atoms with van der Waals surface area (Å²) >= 11 is 0. The second-order valence-electron chi connectivity index (χ2n) is 6.67. The molecule has 5 heteroatoms. The van der Waals surface area contributed by atoms with Gasteiger partial charge in [-0.1, -0.05) is 41.6 Å². The van der Waals surface area contributed by atoms with Crippen molar-refractivity contribution in [2.75, 3.05) is 7.11 Å². The van der Waals surface area contributed by atoms with E-state index in [0.717, 1.165) is 6.42 Å². The molecule has 1 saturated heterocycles. The largest absolute Gasteiger partial charge is 0.377 e. The Kier molecular flexibility index (Phi) is 4.21. The monoisotopic (exact) mass is 325 g/mol. The van der Waals surface area contributed by atoms with Crippen molar-refractivity contribution in [1.82, 2.24) is 15.0 Å². The lowest BCUT2D eigenvalue weighted by Gasteiger charge is -2.37. The van der Waals surface area contributed by atoms with E-state index >= 15 is 0 Å². The Labute approximate surface area is 142 Å². The minimum absolute atomic E-state index is 0.133. The Balaban J connectivity index is 1.56. The van der Waals surface area contributed by atoms with Crippen LogP contribution in [0.4, 0.5) is 0 Å². The van der Waals surface area contributed by atoms with Gasteiger partial charge in [0.1, 0.15) is 6.61 Å². The van der Waals surface area contributed by atoms with Crippen LogP contribution in [0, 0.1) is 0 Å². The number of benzene rings is 1. The fourth-order valence-corrected chi connectivity index (χ4v) is 4.09. The van der Waals surface area contributed by atoms with Gasteiger partial charge in [-0.25, -0.2) is 0 Å². The van der Waals surface area contributed by atoms with Crippen molar-refractivity contribution in [2.45, 2.75) is 50.9 Å². The first-order chi connectivity index (χ1) is 11.8. The summed E-state index contributed by atoms with van der Waals surface area (Å²) in [5, 5.41) is 4.00. The maximum atomic E-state index is 5.46. The van der Waals surface area contributed by atoms with Crippen LogP contribution in [0.25, 0.3) is 5.57 Å². The van der Waals surface area contributed by atoms with E-state index in [1.54, 1.807) is 7.11 Å². The molecule has 4 rings (SSSR count). The van der Waals surface area contributed by atoms with Gasteiger partial charge in [0.05, 0.1) is 6.04 Å². The van der Waals surface area contributed by atoms with Gasteiger partial charge in [0, 0.05) is 19.2 Å². The smallest absolute Gasteiger partial charge is 0.243 e. The van der Waals surface area contributed by atoms with Gasteiger partial charge >= 0.3 is 0 Å². The van der Waals surface area contributed by atoms with Crippen LogP contribution in [-0.4, -0.2) is 34.2 Å².